The minimum absolute atomic E-state index is 0.403. The van der Waals surface area contributed by atoms with Crippen LogP contribution in [0, 0.1) is 0 Å². The van der Waals surface area contributed by atoms with E-state index in [4.69, 9.17) is 4.74 Å². The van der Waals surface area contributed by atoms with Crippen molar-refractivity contribution in [2.75, 3.05) is 13.7 Å². The minimum Gasteiger partial charge on any atom is -0.390 e. The largest absolute Gasteiger partial charge is 0.390 e. The van der Waals surface area contributed by atoms with Crippen LogP contribution in [0.5, 0.6) is 0 Å². The van der Waals surface area contributed by atoms with Gasteiger partial charge in [0.2, 0.25) is 0 Å². The third kappa shape index (κ3) is 3.19. The number of ether oxygens (including phenoxy) is 1. The van der Waals surface area contributed by atoms with Crippen LogP contribution in [0.1, 0.15) is 51.4 Å². The Morgan fingerprint density at radius 2 is 2.06 bits per heavy atom. The van der Waals surface area contributed by atoms with Crippen LogP contribution in [0.15, 0.2) is 0 Å². The van der Waals surface area contributed by atoms with Crippen molar-refractivity contribution >= 4 is 0 Å². The fourth-order valence-corrected chi connectivity index (χ4v) is 3.00. The molecule has 0 aromatic carbocycles. The lowest BCUT2D eigenvalue weighted by Crippen LogP contribution is -2.40. The van der Waals surface area contributed by atoms with Gasteiger partial charge in [-0.05, 0) is 58.4 Å². The van der Waals surface area contributed by atoms with E-state index in [1.165, 1.54) is 12.8 Å². The first kappa shape index (κ1) is 12.3. The Morgan fingerprint density at radius 1 is 1.31 bits per heavy atom. The van der Waals surface area contributed by atoms with Crippen LogP contribution in [0.3, 0.4) is 0 Å². The molecule has 0 bridgehead atoms. The third-order valence-electron chi connectivity index (χ3n) is 4.28. The third-order valence-corrected chi connectivity index (χ3v) is 4.28. The number of hydrogen-bond acceptors (Lipinski definition) is 3. The van der Waals surface area contributed by atoms with Crippen molar-refractivity contribution in [3.05, 3.63) is 0 Å². The quantitative estimate of drug-likeness (QED) is 0.770. The average molecular weight is 227 g/mol. The molecule has 0 aromatic rings. The zero-order chi connectivity index (χ0) is 11.4. The highest BCUT2D eigenvalue weighted by atomic mass is 16.5. The van der Waals surface area contributed by atoms with E-state index in [1.54, 1.807) is 0 Å². The molecule has 1 heterocycles. The van der Waals surface area contributed by atoms with Crippen molar-refractivity contribution in [1.29, 1.82) is 0 Å². The van der Waals surface area contributed by atoms with Crippen LogP contribution in [-0.4, -0.2) is 36.5 Å². The molecular weight excluding hydrogens is 202 g/mol. The van der Waals surface area contributed by atoms with E-state index in [-0.39, 0.29) is 0 Å². The molecule has 94 valence electrons. The van der Waals surface area contributed by atoms with Crippen LogP contribution < -0.4 is 5.32 Å². The van der Waals surface area contributed by atoms with E-state index in [0.717, 1.165) is 45.1 Å². The van der Waals surface area contributed by atoms with Gasteiger partial charge in [0.1, 0.15) is 0 Å². The van der Waals surface area contributed by atoms with Gasteiger partial charge in [0.25, 0.3) is 0 Å². The van der Waals surface area contributed by atoms with Gasteiger partial charge in [-0.25, -0.2) is 0 Å². The van der Waals surface area contributed by atoms with Gasteiger partial charge >= 0.3 is 0 Å². The molecule has 3 nitrogen and oxygen atoms in total. The molecule has 1 saturated carbocycles. The fourth-order valence-electron chi connectivity index (χ4n) is 3.00. The first-order valence-electron chi connectivity index (χ1n) is 6.73. The van der Waals surface area contributed by atoms with Gasteiger partial charge in [-0.3, -0.25) is 0 Å². The van der Waals surface area contributed by atoms with Gasteiger partial charge in [0.15, 0.2) is 0 Å². The SMILES string of the molecule is CNC1CCC(O)(CCC2CCCO2)CC1. The summed E-state index contributed by atoms with van der Waals surface area (Å²) in [5, 5.41) is 13.8. The molecule has 3 heteroatoms. The molecule has 1 aliphatic carbocycles. The normalized spacial score (nSPS) is 40.1. The maximum Gasteiger partial charge on any atom is 0.0650 e. The summed E-state index contributed by atoms with van der Waals surface area (Å²) in [6.07, 6.45) is 8.90. The van der Waals surface area contributed by atoms with Crippen LogP contribution in [0.2, 0.25) is 0 Å². The first-order valence-corrected chi connectivity index (χ1v) is 6.73. The van der Waals surface area contributed by atoms with Gasteiger partial charge < -0.3 is 15.2 Å². The molecule has 2 aliphatic rings. The maximum atomic E-state index is 10.5. The monoisotopic (exact) mass is 227 g/mol. The Kier molecular flexibility index (Phi) is 4.22. The number of aliphatic hydroxyl groups is 1. The van der Waals surface area contributed by atoms with Gasteiger partial charge in [0.05, 0.1) is 11.7 Å². The number of hydrogen-bond donors (Lipinski definition) is 2. The Labute approximate surface area is 98.6 Å². The minimum atomic E-state index is -0.403. The van der Waals surface area contributed by atoms with Crippen molar-refractivity contribution < 1.29 is 9.84 Å². The predicted octanol–water partition coefficient (Wildman–Crippen LogP) is 1.84. The molecule has 0 aromatic heterocycles. The van der Waals surface area contributed by atoms with Gasteiger partial charge in [-0.1, -0.05) is 0 Å². The molecule has 1 saturated heterocycles. The summed E-state index contributed by atoms with van der Waals surface area (Å²) in [6.45, 7) is 0.922. The van der Waals surface area contributed by atoms with Crippen LogP contribution in [0.4, 0.5) is 0 Å². The van der Waals surface area contributed by atoms with Gasteiger partial charge in [-0.2, -0.15) is 0 Å². The molecule has 1 atom stereocenters. The Bertz CT molecular complexity index is 206. The molecule has 1 unspecified atom stereocenters. The highest BCUT2D eigenvalue weighted by molar-refractivity contribution is 4.88. The summed E-state index contributed by atoms with van der Waals surface area (Å²) < 4.78 is 5.61. The van der Waals surface area contributed by atoms with Crippen molar-refractivity contribution in [1.82, 2.24) is 5.32 Å². The molecule has 2 N–H and O–H groups in total. The number of rotatable bonds is 4. The molecule has 0 amide bonds. The molecule has 2 rings (SSSR count). The van der Waals surface area contributed by atoms with E-state index < -0.39 is 5.60 Å². The van der Waals surface area contributed by atoms with E-state index in [0.29, 0.717) is 12.1 Å². The second-order valence-corrected chi connectivity index (χ2v) is 5.46. The zero-order valence-electron chi connectivity index (χ0n) is 10.4. The summed E-state index contributed by atoms with van der Waals surface area (Å²) in [6, 6.07) is 0.614. The fraction of sp³-hybridized carbons (Fsp3) is 1.00. The Balaban J connectivity index is 1.71. The lowest BCUT2D eigenvalue weighted by atomic mass is 9.79. The maximum absolute atomic E-state index is 10.5. The highest BCUT2D eigenvalue weighted by Gasteiger charge is 2.33. The molecule has 1 aliphatic heterocycles. The van der Waals surface area contributed by atoms with Crippen LogP contribution in [-0.2, 0) is 4.74 Å². The highest BCUT2D eigenvalue weighted by Crippen LogP contribution is 2.33. The van der Waals surface area contributed by atoms with Crippen molar-refractivity contribution in [3.8, 4) is 0 Å². The summed E-state index contributed by atoms with van der Waals surface area (Å²) in [7, 11) is 2.02. The molecule has 2 fully saturated rings. The van der Waals surface area contributed by atoms with E-state index >= 15 is 0 Å². The Morgan fingerprint density at radius 3 is 2.62 bits per heavy atom. The average Bonchev–Trinajstić information content (AvgIpc) is 2.81. The van der Waals surface area contributed by atoms with Crippen molar-refractivity contribution in [2.24, 2.45) is 0 Å². The summed E-state index contributed by atoms with van der Waals surface area (Å²) >= 11 is 0. The van der Waals surface area contributed by atoms with E-state index in [1.807, 2.05) is 7.05 Å². The second-order valence-electron chi connectivity index (χ2n) is 5.46. The molecular formula is C13H25NO2. The van der Waals surface area contributed by atoms with Gasteiger partial charge in [-0.15, -0.1) is 0 Å². The summed E-state index contributed by atoms with van der Waals surface area (Å²) in [4.78, 5) is 0. The van der Waals surface area contributed by atoms with E-state index in [2.05, 4.69) is 5.32 Å². The lowest BCUT2D eigenvalue weighted by Gasteiger charge is -2.36. The second kappa shape index (κ2) is 5.48. The summed E-state index contributed by atoms with van der Waals surface area (Å²) in [5.41, 5.74) is -0.403. The van der Waals surface area contributed by atoms with Crippen molar-refractivity contribution in [2.45, 2.75) is 69.1 Å². The lowest BCUT2D eigenvalue weighted by molar-refractivity contribution is -0.0237. The predicted molar refractivity (Wildman–Crippen MR) is 64.5 cm³/mol. The topological polar surface area (TPSA) is 41.5 Å². The zero-order valence-corrected chi connectivity index (χ0v) is 10.4. The first-order chi connectivity index (χ1) is 7.72. The molecule has 0 radical (unpaired) electrons. The summed E-state index contributed by atoms with van der Waals surface area (Å²) in [5.74, 6) is 0. The molecule has 16 heavy (non-hydrogen) atoms. The molecule has 0 spiro atoms. The van der Waals surface area contributed by atoms with E-state index in [9.17, 15) is 5.11 Å². The number of nitrogens with one attached hydrogen (secondary N) is 1. The van der Waals surface area contributed by atoms with Crippen molar-refractivity contribution in [3.63, 3.8) is 0 Å². The standard InChI is InChI=1S/C13H25NO2/c1-14-11-4-7-13(15,8-5-11)9-6-12-3-2-10-16-12/h11-12,14-15H,2-10H2,1H3. The van der Waals surface area contributed by atoms with Gasteiger partial charge in [0, 0.05) is 12.6 Å². The van der Waals surface area contributed by atoms with Crippen LogP contribution in [0.25, 0.3) is 0 Å². The Hall–Kier alpha value is -0.120. The van der Waals surface area contributed by atoms with Crippen LogP contribution >= 0.6 is 0 Å². The smallest absolute Gasteiger partial charge is 0.0650 e.